The molecule has 1 amide bonds. The number of carbonyl (C=O) groups excluding carboxylic acids is 1. The van der Waals surface area contributed by atoms with Gasteiger partial charge in [0, 0.05) is 6.54 Å². The molecule has 1 heterocycles. The average molecular weight is 281 g/mol. The van der Waals surface area contributed by atoms with Crippen molar-refractivity contribution in [3.63, 3.8) is 0 Å². The zero-order chi connectivity index (χ0) is 14.8. The van der Waals surface area contributed by atoms with E-state index in [2.05, 4.69) is 6.58 Å². The van der Waals surface area contributed by atoms with Crippen molar-refractivity contribution in [2.45, 2.75) is 70.6 Å². The second-order valence-corrected chi connectivity index (χ2v) is 6.83. The number of carbonyl (C=O) groups is 1. The fourth-order valence-corrected chi connectivity index (χ4v) is 2.97. The summed E-state index contributed by atoms with van der Waals surface area (Å²) >= 11 is 0. The van der Waals surface area contributed by atoms with Crippen LogP contribution in [0.4, 0.5) is 4.79 Å². The van der Waals surface area contributed by atoms with Crippen molar-refractivity contribution in [3.05, 3.63) is 12.2 Å². The summed E-state index contributed by atoms with van der Waals surface area (Å²) in [6, 6.07) is 0.135. The van der Waals surface area contributed by atoms with Crippen LogP contribution in [0.5, 0.6) is 0 Å². The molecule has 1 aliphatic carbocycles. The van der Waals surface area contributed by atoms with E-state index in [1.807, 2.05) is 25.7 Å². The minimum Gasteiger partial charge on any atom is -0.444 e. The molecule has 2 fully saturated rings. The van der Waals surface area contributed by atoms with Crippen LogP contribution in [0.25, 0.3) is 0 Å². The van der Waals surface area contributed by atoms with Crippen LogP contribution in [0.3, 0.4) is 0 Å². The molecule has 2 atom stereocenters. The number of allylic oxidation sites excluding steroid dienone is 1. The van der Waals surface area contributed by atoms with E-state index in [9.17, 15) is 4.79 Å². The fourth-order valence-electron chi connectivity index (χ4n) is 2.97. The van der Waals surface area contributed by atoms with Gasteiger partial charge in [0.2, 0.25) is 0 Å². The number of ether oxygens (including phenoxy) is 2. The Balaban J connectivity index is 2.07. The quantitative estimate of drug-likeness (QED) is 0.638. The molecule has 1 aliphatic heterocycles. The summed E-state index contributed by atoms with van der Waals surface area (Å²) in [5.74, 6) is 0. The highest BCUT2D eigenvalue weighted by molar-refractivity contribution is 5.68. The van der Waals surface area contributed by atoms with Crippen molar-refractivity contribution in [1.29, 1.82) is 0 Å². The summed E-state index contributed by atoms with van der Waals surface area (Å²) in [6.07, 6.45) is 5.04. The molecule has 4 heteroatoms. The molecule has 0 N–H and O–H groups in total. The predicted octanol–water partition coefficient (Wildman–Crippen LogP) is 3.51. The van der Waals surface area contributed by atoms with Crippen LogP contribution in [-0.4, -0.2) is 41.9 Å². The Kier molecular flexibility index (Phi) is 4.74. The number of hydrogen-bond acceptors (Lipinski definition) is 3. The smallest absolute Gasteiger partial charge is 0.410 e. The number of rotatable bonds is 0. The summed E-state index contributed by atoms with van der Waals surface area (Å²) < 4.78 is 11.4. The van der Waals surface area contributed by atoms with Crippen LogP contribution in [0, 0.1) is 0 Å². The molecule has 0 aromatic heterocycles. The lowest BCUT2D eigenvalue weighted by Gasteiger charge is -2.42. The lowest BCUT2D eigenvalue weighted by molar-refractivity contribution is -0.0819. The van der Waals surface area contributed by atoms with Crippen LogP contribution in [0.15, 0.2) is 12.2 Å². The van der Waals surface area contributed by atoms with Gasteiger partial charge in [-0.15, -0.1) is 0 Å². The van der Waals surface area contributed by atoms with Gasteiger partial charge < -0.3 is 14.4 Å². The van der Waals surface area contributed by atoms with E-state index in [0.29, 0.717) is 13.2 Å². The molecule has 0 bridgehead atoms. The molecule has 4 nitrogen and oxygen atoms in total. The molecule has 20 heavy (non-hydrogen) atoms. The monoisotopic (exact) mass is 281 g/mol. The number of fused-ring (bicyclic) bond motifs is 1. The van der Waals surface area contributed by atoms with Crippen molar-refractivity contribution >= 4 is 6.09 Å². The van der Waals surface area contributed by atoms with Crippen LogP contribution >= 0.6 is 0 Å². The molecule has 2 aliphatic rings. The van der Waals surface area contributed by atoms with Gasteiger partial charge in [0.05, 0.1) is 18.8 Å². The molecule has 1 saturated carbocycles. The molecule has 0 spiro atoms. The van der Waals surface area contributed by atoms with Crippen LogP contribution in [0.2, 0.25) is 0 Å². The van der Waals surface area contributed by atoms with Gasteiger partial charge in [0.1, 0.15) is 5.60 Å². The summed E-state index contributed by atoms with van der Waals surface area (Å²) in [5.41, 5.74) is 0.842. The summed E-state index contributed by atoms with van der Waals surface area (Å²) in [4.78, 5) is 14.2. The minimum absolute atomic E-state index is 0.135. The van der Waals surface area contributed by atoms with Gasteiger partial charge in [-0.3, -0.25) is 0 Å². The molecular formula is C16H27NO3. The molecular weight excluding hydrogens is 254 g/mol. The molecule has 0 radical (unpaired) electrons. The fraction of sp³-hybridized carbons (Fsp3) is 0.812. The summed E-state index contributed by atoms with van der Waals surface area (Å²) in [6.45, 7) is 11.1. The van der Waals surface area contributed by atoms with Crippen molar-refractivity contribution in [2.75, 3.05) is 13.2 Å². The van der Waals surface area contributed by atoms with E-state index in [1.54, 1.807) is 0 Å². The molecule has 0 unspecified atom stereocenters. The molecule has 2 rings (SSSR count). The first kappa shape index (κ1) is 15.4. The van der Waals surface area contributed by atoms with E-state index in [4.69, 9.17) is 9.47 Å². The van der Waals surface area contributed by atoms with Crippen LogP contribution in [0.1, 0.15) is 52.9 Å². The van der Waals surface area contributed by atoms with Gasteiger partial charge in [-0.2, -0.15) is 0 Å². The van der Waals surface area contributed by atoms with Crippen molar-refractivity contribution in [1.82, 2.24) is 4.90 Å². The third-order valence-corrected chi connectivity index (χ3v) is 3.93. The zero-order valence-electron chi connectivity index (χ0n) is 13.0. The van der Waals surface area contributed by atoms with Crippen molar-refractivity contribution in [2.24, 2.45) is 0 Å². The highest BCUT2D eigenvalue weighted by Gasteiger charge is 2.37. The van der Waals surface area contributed by atoms with E-state index in [0.717, 1.165) is 32.1 Å². The van der Waals surface area contributed by atoms with Gasteiger partial charge in [0.25, 0.3) is 0 Å². The topological polar surface area (TPSA) is 38.8 Å². The second kappa shape index (κ2) is 6.17. The zero-order valence-corrected chi connectivity index (χ0v) is 13.0. The largest absolute Gasteiger partial charge is 0.444 e. The molecule has 0 aromatic rings. The maximum atomic E-state index is 12.4. The summed E-state index contributed by atoms with van der Waals surface area (Å²) in [7, 11) is 0. The van der Waals surface area contributed by atoms with E-state index < -0.39 is 5.60 Å². The lowest BCUT2D eigenvalue weighted by atomic mass is 9.90. The highest BCUT2D eigenvalue weighted by Crippen LogP contribution is 2.29. The van der Waals surface area contributed by atoms with Crippen molar-refractivity contribution < 1.29 is 14.3 Å². The summed E-state index contributed by atoms with van der Waals surface area (Å²) in [5, 5.41) is 0. The highest BCUT2D eigenvalue weighted by atomic mass is 16.6. The van der Waals surface area contributed by atoms with E-state index in [1.165, 1.54) is 5.57 Å². The predicted molar refractivity (Wildman–Crippen MR) is 78.7 cm³/mol. The SMILES string of the molecule is C=C1CCC[C@H]2OCCN(C(=O)OC(C)(C)C)[C@@H]2CC1. The Morgan fingerprint density at radius 2 is 2.10 bits per heavy atom. The molecule has 0 aromatic carbocycles. The Morgan fingerprint density at radius 3 is 2.80 bits per heavy atom. The van der Waals surface area contributed by atoms with E-state index >= 15 is 0 Å². The maximum Gasteiger partial charge on any atom is 0.410 e. The van der Waals surface area contributed by atoms with Gasteiger partial charge in [-0.25, -0.2) is 4.79 Å². The third-order valence-electron chi connectivity index (χ3n) is 3.93. The standard InChI is InChI=1S/C16H27NO3/c1-12-6-5-7-14-13(9-8-12)17(10-11-19-14)15(18)20-16(2,3)4/h13-14H,1,5-11H2,2-4H3/t13-,14-/m1/s1. The van der Waals surface area contributed by atoms with Gasteiger partial charge >= 0.3 is 6.09 Å². The third kappa shape index (κ3) is 3.98. The van der Waals surface area contributed by atoms with Crippen LogP contribution in [-0.2, 0) is 9.47 Å². The average Bonchev–Trinajstić information content (AvgIpc) is 2.32. The Bertz CT molecular complexity index is 372. The van der Waals surface area contributed by atoms with Crippen LogP contribution < -0.4 is 0 Å². The maximum absolute atomic E-state index is 12.4. The first-order chi connectivity index (χ1) is 9.37. The van der Waals surface area contributed by atoms with E-state index in [-0.39, 0.29) is 18.2 Å². The Morgan fingerprint density at radius 1 is 1.35 bits per heavy atom. The second-order valence-electron chi connectivity index (χ2n) is 6.83. The number of nitrogens with zero attached hydrogens (tertiary/aromatic N) is 1. The van der Waals surface area contributed by atoms with Crippen molar-refractivity contribution in [3.8, 4) is 0 Å². The molecule has 114 valence electrons. The number of amides is 1. The first-order valence-electron chi connectivity index (χ1n) is 7.65. The van der Waals surface area contributed by atoms with Gasteiger partial charge in [-0.1, -0.05) is 12.2 Å². The van der Waals surface area contributed by atoms with Gasteiger partial charge in [-0.05, 0) is 52.9 Å². The lowest BCUT2D eigenvalue weighted by Crippen LogP contribution is -2.55. The first-order valence-corrected chi connectivity index (χ1v) is 7.65. The Labute approximate surface area is 122 Å². The number of hydrogen-bond donors (Lipinski definition) is 0. The Hall–Kier alpha value is -1.03. The van der Waals surface area contributed by atoms with Gasteiger partial charge in [0.15, 0.2) is 0 Å². The normalized spacial score (nSPS) is 28.4. The number of morpholine rings is 1. The minimum atomic E-state index is -0.448. The molecule has 1 saturated heterocycles.